The lowest BCUT2D eigenvalue weighted by Gasteiger charge is -2.17. The molecule has 1 aromatic heterocycles. The van der Waals surface area contributed by atoms with Crippen LogP contribution in [0.2, 0.25) is 0 Å². The van der Waals surface area contributed by atoms with Gasteiger partial charge in [0, 0.05) is 17.7 Å². The van der Waals surface area contributed by atoms with Gasteiger partial charge in [-0.05, 0) is 61.0 Å². The van der Waals surface area contributed by atoms with Crippen LogP contribution in [0.4, 0.5) is 0 Å². The maximum absolute atomic E-state index is 9.83. The average Bonchev–Trinajstić information content (AvgIpc) is 2.92. The van der Waals surface area contributed by atoms with Crippen molar-refractivity contribution < 1.29 is 33.8 Å². The number of hydrogen-bond donors (Lipinski definition) is 2. The van der Waals surface area contributed by atoms with Gasteiger partial charge in [-0.15, -0.1) is 0 Å². The molecule has 35 heavy (non-hydrogen) atoms. The van der Waals surface area contributed by atoms with Gasteiger partial charge in [0.1, 0.15) is 28.2 Å². The Bertz CT molecular complexity index is 1440. The second kappa shape index (κ2) is 10.1. The molecule has 0 fully saturated rings. The van der Waals surface area contributed by atoms with Gasteiger partial charge in [-0.25, -0.2) is 0 Å². The van der Waals surface area contributed by atoms with Crippen LogP contribution in [0.25, 0.3) is 22.3 Å². The summed E-state index contributed by atoms with van der Waals surface area (Å²) in [5.41, 5.74) is 2.35. The van der Waals surface area contributed by atoms with Gasteiger partial charge >= 0.3 is 0 Å². The summed E-state index contributed by atoms with van der Waals surface area (Å²) in [7, 11) is 4.57. The summed E-state index contributed by atoms with van der Waals surface area (Å²) >= 11 is 0. The van der Waals surface area contributed by atoms with Crippen LogP contribution in [-0.2, 0) is 0 Å². The van der Waals surface area contributed by atoms with E-state index in [1.54, 1.807) is 50.4 Å². The SMILES string of the molecule is COc1ccc(-c2c/c(=N\O)c3c(OC)c(Oc4ccc(/C(C)=N/O)cc4)c(OC)cc3o2)cc1. The Hall–Kier alpha value is -4.66. The van der Waals surface area contributed by atoms with E-state index in [9.17, 15) is 5.21 Å². The van der Waals surface area contributed by atoms with Gasteiger partial charge in [0.25, 0.3) is 0 Å². The Labute approximate surface area is 201 Å². The minimum Gasteiger partial charge on any atom is -0.497 e. The van der Waals surface area contributed by atoms with Crippen LogP contribution < -0.4 is 24.3 Å². The third kappa shape index (κ3) is 4.56. The minimum absolute atomic E-state index is 0.228. The molecule has 0 atom stereocenters. The first-order valence-corrected chi connectivity index (χ1v) is 10.5. The van der Waals surface area contributed by atoms with Gasteiger partial charge in [-0.3, -0.25) is 0 Å². The zero-order valence-corrected chi connectivity index (χ0v) is 19.6. The zero-order valence-electron chi connectivity index (χ0n) is 19.6. The largest absolute Gasteiger partial charge is 0.497 e. The number of oxime groups is 1. The molecule has 0 radical (unpaired) electrons. The Morgan fingerprint density at radius 2 is 1.49 bits per heavy atom. The van der Waals surface area contributed by atoms with Gasteiger partial charge in [0.05, 0.1) is 32.4 Å². The van der Waals surface area contributed by atoms with Crippen LogP contribution in [0.15, 0.2) is 75.4 Å². The molecule has 0 saturated heterocycles. The lowest BCUT2D eigenvalue weighted by Crippen LogP contribution is -2.07. The first-order chi connectivity index (χ1) is 17.0. The Morgan fingerprint density at radius 3 is 2.06 bits per heavy atom. The molecule has 0 aliphatic heterocycles. The van der Waals surface area contributed by atoms with Crippen molar-refractivity contribution in [2.75, 3.05) is 21.3 Å². The van der Waals surface area contributed by atoms with E-state index in [-0.39, 0.29) is 16.9 Å². The molecule has 1 heterocycles. The normalized spacial score (nSPS) is 12.0. The number of methoxy groups -OCH3 is 3. The Morgan fingerprint density at radius 1 is 0.800 bits per heavy atom. The van der Waals surface area contributed by atoms with Crippen LogP contribution in [0.1, 0.15) is 12.5 Å². The molecule has 4 aromatic rings. The number of fused-ring (bicyclic) bond motifs is 1. The second-order valence-corrected chi connectivity index (χ2v) is 7.45. The third-order valence-corrected chi connectivity index (χ3v) is 5.46. The molecule has 0 aliphatic carbocycles. The maximum atomic E-state index is 9.83. The standard InChI is InChI=1S/C26H24N2O7/c1-15(27-29)16-5-11-19(12-6-16)34-25-23(32-3)14-22-24(26(25)33-4)20(28-30)13-21(35-22)17-7-9-18(31-2)10-8-17/h5-14,29-30H,1-4H3/b27-15+,28-20+. The summed E-state index contributed by atoms with van der Waals surface area (Å²) < 4.78 is 28.7. The monoisotopic (exact) mass is 476 g/mol. The summed E-state index contributed by atoms with van der Waals surface area (Å²) in [6.45, 7) is 1.69. The van der Waals surface area contributed by atoms with Crippen molar-refractivity contribution in [2.24, 2.45) is 10.3 Å². The third-order valence-electron chi connectivity index (χ3n) is 5.46. The highest BCUT2D eigenvalue weighted by atomic mass is 16.5. The van der Waals surface area contributed by atoms with E-state index in [0.29, 0.717) is 39.7 Å². The van der Waals surface area contributed by atoms with Gasteiger partial charge in [0.15, 0.2) is 11.5 Å². The predicted octanol–water partition coefficient (Wildman–Crippen LogP) is 5.41. The highest BCUT2D eigenvalue weighted by Crippen LogP contribution is 2.45. The van der Waals surface area contributed by atoms with Crippen LogP contribution in [-0.4, -0.2) is 37.5 Å². The van der Waals surface area contributed by atoms with Gasteiger partial charge in [-0.1, -0.05) is 10.3 Å². The maximum Gasteiger partial charge on any atom is 0.212 e. The van der Waals surface area contributed by atoms with Crippen molar-refractivity contribution in [1.29, 1.82) is 0 Å². The van der Waals surface area contributed by atoms with Crippen LogP contribution in [0.5, 0.6) is 28.7 Å². The fourth-order valence-corrected chi connectivity index (χ4v) is 3.62. The van der Waals surface area contributed by atoms with Crippen molar-refractivity contribution in [1.82, 2.24) is 0 Å². The minimum atomic E-state index is 0.228. The zero-order chi connectivity index (χ0) is 24.9. The summed E-state index contributed by atoms with van der Waals surface area (Å²) in [5.74, 6) is 2.58. The first kappa shape index (κ1) is 23.5. The molecule has 4 rings (SSSR count). The lowest BCUT2D eigenvalue weighted by molar-refractivity contribution is 0.301. The number of hydrogen-bond acceptors (Lipinski definition) is 9. The van der Waals surface area contributed by atoms with Gasteiger partial charge < -0.3 is 33.8 Å². The van der Waals surface area contributed by atoms with Gasteiger partial charge in [-0.2, -0.15) is 0 Å². The topological polar surface area (TPSA) is 115 Å². The Balaban J connectivity index is 1.86. The van der Waals surface area contributed by atoms with Crippen molar-refractivity contribution in [2.45, 2.75) is 6.92 Å². The molecule has 2 N–H and O–H groups in total. The number of rotatable bonds is 7. The van der Waals surface area contributed by atoms with E-state index in [1.165, 1.54) is 14.2 Å². The highest BCUT2D eigenvalue weighted by molar-refractivity contribution is 5.98. The molecule has 3 aromatic carbocycles. The summed E-state index contributed by atoms with van der Waals surface area (Å²) in [6, 6.07) is 17.5. The van der Waals surface area contributed by atoms with E-state index in [1.807, 2.05) is 24.3 Å². The molecular formula is C26H24N2O7. The van der Waals surface area contributed by atoms with Crippen LogP contribution in [0.3, 0.4) is 0 Å². The molecule has 0 bridgehead atoms. The summed E-state index contributed by atoms with van der Waals surface area (Å²) in [4.78, 5) is 0. The van der Waals surface area contributed by atoms with E-state index in [4.69, 9.17) is 28.6 Å². The smallest absolute Gasteiger partial charge is 0.212 e. The predicted molar refractivity (Wildman–Crippen MR) is 129 cm³/mol. The van der Waals surface area contributed by atoms with E-state index < -0.39 is 0 Å². The van der Waals surface area contributed by atoms with E-state index in [0.717, 1.165) is 11.1 Å². The quantitative estimate of drug-likeness (QED) is 0.208. The molecule has 0 aliphatic rings. The summed E-state index contributed by atoms with van der Waals surface area (Å²) in [6.07, 6.45) is 0. The fraction of sp³-hybridized carbons (Fsp3) is 0.154. The van der Waals surface area contributed by atoms with Crippen molar-refractivity contribution >= 4 is 16.7 Å². The molecule has 0 spiro atoms. The molecule has 0 amide bonds. The van der Waals surface area contributed by atoms with Gasteiger partial charge in [0.2, 0.25) is 5.75 Å². The highest BCUT2D eigenvalue weighted by Gasteiger charge is 2.22. The molecule has 9 nitrogen and oxygen atoms in total. The van der Waals surface area contributed by atoms with E-state index in [2.05, 4.69) is 10.3 Å². The fourth-order valence-electron chi connectivity index (χ4n) is 3.62. The lowest BCUT2D eigenvalue weighted by atomic mass is 10.1. The van der Waals surface area contributed by atoms with Crippen molar-refractivity contribution in [3.8, 4) is 40.1 Å². The molecule has 0 saturated carbocycles. The number of nitrogens with zero attached hydrogens (tertiary/aromatic N) is 2. The molecular weight excluding hydrogens is 452 g/mol. The first-order valence-electron chi connectivity index (χ1n) is 10.5. The second-order valence-electron chi connectivity index (χ2n) is 7.45. The molecule has 0 unspecified atom stereocenters. The van der Waals surface area contributed by atoms with Crippen LogP contribution in [0, 0.1) is 0 Å². The van der Waals surface area contributed by atoms with Crippen molar-refractivity contribution in [3.63, 3.8) is 0 Å². The number of ether oxygens (including phenoxy) is 4. The molecule has 180 valence electrons. The molecule has 9 heteroatoms. The van der Waals surface area contributed by atoms with E-state index >= 15 is 0 Å². The van der Waals surface area contributed by atoms with Crippen molar-refractivity contribution in [3.05, 3.63) is 71.6 Å². The average molecular weight is 476 g/mol. The summed E-state index contributed by atoms with van der Waals surface area (Å²) in [5, 5.41) is 26.1. The number of benzene rings is 3. The van der Waals surface area contributed by atoms with Crippen LogP contribution >= 0.6 is 0 Å². The Kier molecular flexibility index (Phi) is 6.77.